The SMILES string of the molecule is Cc1ccccc1-c1c(C=CC(=O)N2CCN(c3ccccc3)CC2)ccc(Sc2ccc(C=CC(=O)N3CCN(c4ccccc4)CC3)c(-c3ccccc3C)c2C(F)(F)F)c1C(F)(F)F. The third kappa shape index (κ3) is 10.6. The van der Waals surface area contributed by atoms with Gasteiger partial charge in [0.1, 0.15) is 0 Å². The highest BCUT2D eigenvalue weighted by Gasteiger charge is 2.41. The molecule has 0 unspecified atom stereocenters. The Bertz CT molecular complexity index is 2600. The summed E-state index contributed by atoms with van der Waals surface area (Å²) in [6, 6.07) is 37.8. The van der Waals surface area contributed by atoms with Crippen molar-refractivity contribution in [1.82, 2.24) is 9.80 Å². The third-order valence-electron chi connectivity index (χ3n) is 12.3. The number of para-hydroxylation sites is 2. The second-order valence-corrected chi connectivity index (χ2v) is 17.6. The average molecular weight is 931 g/mol. The summed E-state index contributed by atoms with van der Waals surface area (Å²) in [5.41, 5.74) is 0.976. The highest BCUT2D eigenvalue weighted by atomic mass is 32.2. The number of halogens is 6. The predicted octanol–water partition coefficient (Wildman–Crippen LogP) is 12.6. The van der Waals surface area contributed by atoms with Gasteiger partial charge in [-0.15, -0.1) is 0 Å². The van der Waals surface area contributed by atoms with Gasteiger partial charge in [0.05, 0.1) is 11.1 Å². The first-order chi connectivity index (χ1) is 32.2. The fraction of sp³-hybridized carbons (Fsp3) is 0.222. The van der Waals surface area contributed by atoms with Crippen LogP contribution >= 0.6 is 11.8 Å². The number of nitrogens with zero attached hydrogens (tertiary/aromatic N) is 4. The van der Waals surface area contributed by atoms with Gasteiger partial charge in [-0.05, 0) is 95.8 Å². The van der Waals surface area contributed by atoms with Gasteiger partial charge in [-0.1, -0.05) is 109 Å². The maximum atomic E-state index is 15.7. The van der Waals surface area contributed by atoms with E-state index in [-0.39, 0.29) is 45.2 Å². The van der Waals surface area contributed by atoms with Crippen LogP contribution in [0.1, 0.15) is 33.4 Å². The van der Waals surface area contributed by atoms with Crippen LogP contribution in [-0.2, 0) is 21.9 Å². The number of hydrogen-bond acceptors (Lipinski definition) is 5. The number of anilines is 2. The third-order valence-corrected chi connectivity index (χ3v) is 13.4. The molecular weight excluding hydrogens is 883 g/mol. The van der Waals surface area contributed by atoms with E-state index < -0.39 is 33.3 Å². The van der Waals surface area contributed by atoms with Crippen LogP contribution in [0.5, 0.6) is 0 Å². The Morgan fingerprint density at radius 1 is 0.463 bits per heavy atom. The molecular formula is C54H48F6N4O2S. The first kappa shape index (κ1) is 46.8. The van der Waals surface area contributed by atoms with Gasteiger partial charge in [-0.25, -0.2) is 0 Å². The van der Waals surface area contributed by atoms with E-state index in [1.54, 1.807) is 72.2 Å². The lowest BCUT2D eigenvalue weighted by molar-refractivity contribution is -0.139. The van der Waals surface area contributed by atoms with E-state index in [0.29, 0.717) is 75.2 Å². The lowest BCUT2D eigenvalue weighted by Gasteiger charge is -2.35. The number of carbonyl (C=O) groups is 2. The van der Waals surface area contributed by atoms with Gasteiger partial charge in [0.25, 0.3) is 0 Å². The van der Waals surface area contributed by atoms with Gasteiger partial charge >= 0.3 is 12.4 Å². The number of benzene rings is 6. The Morgan fingerprint density at radius 2 is 0.806 bits per heavy atom. The van der Waals surface area contributed by atoms with Crippen molar-refractivity contribution in [3.05, 3.63) is 179 Å². The van der Waals surface area contributed by atoms with E-state index in [9.17, 15) is 9.59 Å². The Morgan fingerprint density at radius 3 is 1.15 bits per heavy atom. The molecule has 13 heteroatoms. The minimum atomic E-state index is -5.03. The lowest BCUT2D eigenvalue weighted by atomic mass is 9.90. The zero-order chi connectivity index (χ0) is 47.3. The van der Waals surface area contributed by atoms with Gasteiger partial charge in [0.15, 0.2) is 0 Å². The Balaban J connectivity index is 1.16. The van der Waals surface area contributed by atoms with Crippen LogP contribution in [0.25, 0.3) is 34.4 Å². The molecule has 2 fully saturated rings. The van der Waals surface area contributed by atoms with E-state index in [1.807, 2.05) is 60.7 Å². The molecule has 0 aliphatic carbocycles. The summed E-state index contributed by atoms with van der Waals surface area (Å²) in [4.78, 5) is 33.8. The van der Waals surface area contributed by atoms with Crippen molar-refractivity contribution in [2.24, 2.45) is 0 Å². The van der Waals surface area contributed by atoms with E-state index in [4.69, 9.17) is 0 Å². The van der Waals surface area contributed by atoms with Crippen molar-refractivity contribution in [2.45, 2.75) is 36.0 Å². The number of carbonyl (C=O) groups excluding carboxylic acids is 2. The second kappa shape index (κ2) is 20.0. The maximum Gasteiger partial charge on any atom is 0.418 e. The number of hydrogen-bond donors (Lipinski definition) is 0. The predicted molar refractivity (Wildman–Crippen MR) is 256 cm³/mol. The molecule has 2 aliphatic heterocycles. The largest absolute Gasteiger partial charge is 0.418 e. The smallest absolute Gasteiger partial charge is 0.368 e. The lowest BCUT2D eigenvalue weighted by Crippen LogP contribution is -2.48. The molecule has 0 atom stereocenters. The summed E-state index contributed by atoms with van der Waals surface area (Å²) >= 11 is 0.384. The van der Waals surface area contributed by atoms with Crippen molar-refractivity contribution in [2.75, 3.05) is 62.2 Å². The Hall–Kier alpha value is -6.73. The summed E-state index contributed by atoms with van der Waals surface area (Å²) < 4.78 is 94.3. The summed E-state index contributed by atoms with van der Waals surface area (Å²) in [5.74, 6) is -0.731. The van der Waals surface area contributed by atoms with Crippen LogP contribution in [0.2, 0.25) is 0 Å². The first-order valence-corrected chi connectivity index (χ1v) is 22.8. The van der Waals surface area contributed by atoms with Crippen LogP contribution in [0.3, 0.4) is 0 Å². The molecule has 0 saturated carbocycles. The zero-order valence-electron chi connectivity index (χ0n) is 36.9. The average Bonchev–Trinajstić information content (AvgIpc) is 3.33. The number of rotatable bonds is 10. The highest BCUT2D eigenvalue weighted by molar-refractivity contribution is 7.99. The molecule has 2 heterocycles. The number of alkyl halides is 6. The van der Waals surface area contributed by atoms with E-state index >= 15 is 26.3 Å². The number of amides is 2. The van der Waals surface area contributed by atoms with Gasteiger partial charge in [-0.2, -0.15) is 26.3 Å². The van der Waals surface area contributed by atoms with Crippen molar-refractivity contribution in [1.29, 1.82) is 0 Å². The maximum absolute atomic E-state index is 15.7. The molecule has 2 saturated heterocycles. The van der Waals surface area contributed by atoms with Crippen molar-refractivity contribution >= 4 is 47.1 Å². The highest BCUT2D eigenvalue weighted by Crippen LogP contribution is 2.51. The van der Waals surface area contributed by atoms with Crippen molar-refractivity contribution in [3.63, 3.8) is 0 Å². The fourth-order valence-corrected chi connectivity index (χ4v) is 9.95. The molecule has 2 aliphatic rings. The minimum Gasteiger partial charge on any atom is -0.368 e. The molecule has 8 rings (SSSR count). The standard InChI is InChI=1S/C54H48F6N4O2S/c1-37-13-9-11-19-43(37)49-39(23-27-47(65)63-33-29-61(30-34-63)41-15-5-3-6-16-41)21-25-45(51(49)53(55,56)57)67-46-26-22-40(50(52(46)54(58,59)60)44-20-12-10-14-38(44)2)24-28-48(66)64-35-31-62(32-36-64)42-17-7-4-8-18-42/h3-28H,29-36H2,1-2H3. The molecule has 67 heavy (non-hydrogen) atoms. The summed E-state index contributed by atoms with van der Waals surface area (Å²) in [6.45, 7) is 7.30. The first-order valence-electron chi connectivity index (χ1n) is 22.0. The second-order valence-electron chi connectivity index (χ2n) is 16.5. The molecule has 6 aromatic carbocycles. The van der Waals surface area contributed by atoms with Crippen LogP contribution in [0.15, 0.2) is 155 Å². The number of aryl methyl sites for hydroxylation is 2. The van der Waals surface area contributed by atoms with Crippen molar-refractivity contribution in [3.8, 4) is 22.3 Å². The Labute approximate surface area is 390 Å². The minimum absolute atomic E-state index is 0.0884. The van der Waals surface area contributed by atoms with Crippen LogP contribution in [0, 0.1) is 13.8 Å². The molecule has 0 N–H and O–H groups in total. The monoisotopic (exact) mass is 930 g/mol. The molecule has 0 aromatic heterocycles. The van der Waals surface area contributed by atoms with E-state index in [2.05, 4.69) is 9.80 Å². The summed E-state index contributed by atoms with van der Waals surface area (Å²) in [7, 11) is 0. The van der Waals surface area contributed by atoms with E-state index in [1.165, 1.54) is 48.6 Å². The normalized spacial score (nSPS) is 14.9. The molecule has 344 valence electrons. The van der Waals surface area contributed by atoms with Crippen molar-refractivity contribution < 1.29 is 35.9 Å². The topological polar surface area (TPSA) is 47.1 Å². The molecule has 0 bridgehead atoms. The molecule has 6 aromatic rings. The molecule has 0 spiro atoms. The zero-order valence-corrected chi connectivity index (χ0v) is 37.8. The van der Waals surface area contributed by atoms with Gasteiger partial charge < -0.3 is 19.6 Å². The summed E-state index contributed by atoms with van der Waals surface area (Å²) in [6.07, 6.45) is -4.82. The summed E-state index contributed by atoms with van der Waals surface area (Å²) in [5, 5.41) is 0. The van der Waals surface area contributed by atoms with Crippen LogP contribution < -0.4 is 9.80 Å². The molecule has 0 radical (unpaired) electrons. The molecule has 6 nitrogen and oxygen atoms in total. The Kier molecular flexibility index (Phi) is 14.0. The fourth-order valence-electron chi connectivity index (χ4n) is 8.80. The van der Waals surface area contributed by atoms with Crippen LogP contribution in [-0.4, -0.2) is 74.0 Å². The van der Waals surface area contributed by atoms with Gasteiger partial charge in [0.2, 0.25) is 11.8 Å². The van der Waals surface area contributed by atoms with Crippen LogP contribution in [0.4, 0.5) is 37.7 Å². The quantitative estimate of drug-likeness (QED) is 0.101. The van der Waals surface area contributed by atoms with Gasteiger partial charge in [0, 0.05) is 96.8 Å². The van der Waals surface area contributed by atoms with Gasteiger partial charge in [-0.3, -0.25) is 9.59 Å². The number of piperazine rings is 2. The molecule has 2 amide bonds. The van der Waals surface area contributed by atoms with E-state index in [0.717, 1.165) is 11.4 Å².